The summed E-state index contributed by atoms with van der Waals surface area (Å²) in [4.78, 5) is 0. The van der Waals surface area contributed by atoms with Gasteiger partial charge >= 0.3 is 0 Å². The fourth-order valence-corrected chi connectivity index (χ4v) is 2.66. The summed E-state index contributed by atoms with van der Waals surface area (Å²) in [6, 6.07) is 0.842. The summed E-state index contributed by atoms with van der Waals surface area (Å²) in [6.45, 7) is 8.15. The van der Waals surface area contributed by atoms with Crippen LogP contribution in [0.25, 0.3) is 0 Å². The van der Waals surface area contributed by atoms with Crippen molar-refractivity contribution in [3.05, 3.63) is 0 Å². The molecule has 1 heteroatoms. The van der Waals surface area contributed by atoms with Crippen molar-refractivity contribution in [1.82, 2.24) is 5.32 Å². The third-order valence-corrected chi connectivity index (χ3v) is 4.13. The summed E-state index contributed by atoms with van der Waals surface area (Å²) < 4.78 is 0. The van der Waals surface area contributed by atoms with Gasteiger partial charge in [-0.25, -0.2) is 0 Å². The van der Waals surface area contributed by atoms with Crippen LogP contribution in [-0.4, -0.2) is 12.6 Å². The highest BCUT2D eigenvalue weighted by Crippen LogP contribution is 2.35. The second-order valence-corrected chi connectivity index (χ2v) is 5.51. The molecule has 1 aliphatic rings. The normalized spacial score (nSPS) is 18.0. The van der Waals surface area contributed by atoms with Crippen LogP contribution in [0, 0.1) is 11.8 Å². The minimum absolute atomic E-state index is 0.842. The smallest absolute Gasteiger partial charge is 0.00953 e. The quantitative estimate of drug-likeness (QED) is 0.582. The molecule has 0 spiro atoms. The summed E-state index contributed by atoms with van der Waals surface area (Å²) in [5.41, 5.74) is 0. The predicted octanol–water partition coefficient (Wildman–Crippen LogP) is 4.37. The molecule has 0 aliphatic heterocycles. The molecule has 1 nitrogen and oxygen atoms in total. The van der Waals surface area contributed by atoms with Gasteiger partial charge in [0, 0.05) is 6.04 Å². The molecule has 0 saturated heterocycles. The molecule has 0 amide bonds. The van der Waals surface area contributed by atoms with E-state index in [1.807, 2.05) is 0 Å². The highest BCUT2D eigenvalue weighted by atomic mass is 14.9. The molecule has 1 rings (SSSR count). The first-order chi connectivity index (χ1) is 7.81. The van der Waals surface area contributed by atoms with Gasteiger partial charge < -0.3 is 5.32 Å². The van der Waals surface area contributed by atoms with Gasteiger partial charge in [-0.3, -0.25) is 0 Å². The monoisotopic (exact) mass is 225 g/mol. The Morgan fingerprint density at radius 2 is 1.75 bits per heavy atom. The average molecular weight is 225 g/mol. The summed E-state index contributed by atoms with van der Waals surface area (Å²) in [5, 5.41) is 3.74. The summed E-state index contributed by atoms with van der Waals surface area (Å²) in [6.07, 6.45) is 11.3. The molecule has 16 heavy (non-hydrogen) atoms. The lowest BCUT2D eigenvalue weighted by Gasteiger charge is -2.19. The first-order valence-corrected chi connectivity index (χ1v) is 7.55. The van der Waals surface area contributed by atoms with Crippen LogP contribution in [0.3, 0.4) is 0 Å². The fraction of sp³-hybridized carbons (Fsp3) is 1.00. The lowest BCUT2D eigenvalue weighted by Crippen LogP contribution is -2.31. The Bertz CT molecular complexity index is 159. The zero-order valence-corrected chi connectivity index (χ0v) is 11.6. The Balaban J connectivity index is 2.11. The highest BCUT2D eigenvalue weighted by Gasteiger charge is 2.30. The Labute approximate surface area is 102 Å². The average Bonchev–Trinajstić information content (AvgIpc) is 3.12. The van der Waals surface area contributed by atoms with Gasteiger partial charge in [0.2, 0.25) is 0 Å². The van der Waals surface area contributed by atoms with Crippen LogP contribution < -0.4 is 5.32 Å². The van der Waals surface area contributed by atoms with Crippen molar-refractivity contribution < 1.29 is 0 Å². The van der Waals surface area contributed by atoms with E-state index in [4.69, 9.17) is 0 Å². The second-order valence-electron chi connectivity index (χ2n) is 5.51. The van der Waals surface area contributed by atoms with Gasteiger partial charge in [-0.05, 0) is 44.1 Å². The number of hydrogen-bond donors (Lipinski definition) is 1. The molecule has 1 fully saturated rings. The van der Waals surface area contributed by atoms with E-state index in [1.165, 1.54) is 57.9 Å². The second kappa shape index (κ2) is 8.11. The van der Waals surface area contributed by atoms with E-state index in [0.29, 0.717) is 0 Å². The van der Waals surface area contributed by atoms with E-state index in [0.717, 1.165) is 17.9 Å². The molecule has 1 aliphatic carbocycles. The third kappa shape index (κ3) is 5.34. The number of rotatable bonds is 10. The molecule has 1 saturated carbocycles. The lowest BCUT2D eigenvalue weighted by molar-refractivity contribution is 0.378. The van der Waals surface area contributed by atoms with Gasteiger partial charge in [0.15, 0.2) is 0 Å². The van der Waals surface area contributed by atoms with Gasteiger partial charge in [-0.2, -0.15) is 0 Å². The summed E-state index contributed by atoms with van der Waals surface area (Å²) >= 11 is 0. The maximum absolute atomic E-state index is 3.74. The number of nitrogens with one attached hydrogen (secondary N) is 1. The van der Waals surface area contributed by atoms with Crippen LogP contribution >= 0.6 is 0 Å². The van der Waals surface area contributed by atoms with Gasteiger partial charge in [0.1, 0.15) is 0 Å². The van der Waals surface area contributed by atoms with Crippen LogP contribution in [0.15, 0.2) is 0 Å². The van der Waals surface area contributed by atoms with Crippen LogP contribution in [-0.2, 0) is 0 Å². The Hall–Kier alpha value is -0.0400. The molecular formula is C15H31N. The standard InChI is InChI=1S/C15H31N/c1-4-12-16-15(14-10-11-14)9-7-8-13(5-2)6-3/h13-16H,4-12H2,1-3H3. The van der Waals surface area contributed by atoms with E-state index in [2.05, 4.69) is 26.1 Å². The number of hydrogen-bond acceptors (Lipinski definition) is 1. The Morgan fingerprint density at radius 1 is 1.06 bits per heavy atom. The zero-order chi connectivity index (χ0) is 11.8. The topological polar surface area (TPSA) is 12.0 Å². The van der Waals surface area contributed by atoms with Crippen molar-refractivity contribution in [2.75, 3.05) is 6.54 Å². The molecule has 0 aromatic rings. The third-order valence-electron chi connectivity index (χ3n) is 4.13. The zero-order valence-electron chi connectivity index (χ0n) is 11.6. The molecule has 96 valence electrons. The molecule has 0 radical (unpaired) electrons. The highest BCUT2D eigenvalue weighted by molar-refractivity contribution is 4.86. The molecule has 0 heterocycles. The summed E-state index contributed by atoms with van der Waals surface area (Å²) in [5.74, 6) is 2.00. The maximum Gasteiger partial charge on any atom is 0.00953 e. The van der Waals surface area contributed by atoms with E-state index in [9.17, 15) is 0 Å². The minimum Gasteiger partial charge on any atom is -0.314 e. The Kier molecular flexibility index (Phi) is 7.11. The van der Waals surface area contributed by atoms with Crippen molar-refractivity contribution in [3.63, 3.8) is 0 Å². The van der Waals surface area contributed by atoms with Gasteiger partial charge in [-0.15, -0.1) is 0 Å². The van der Waals surface area contributed by atoms with Crippen molar-refractivity contribution in [3.8, 4) is 0 Å². The first-order valence-electron chi connectivity index (χ1n) is 7.55. The molecule has 0 aromatic heterocycles. The van der Waals surface area contributed by atoms with Crippen LogP contribution in [0.5, 0.6) is 0 Å². The molecule has 1 N–H and O–H groups in total. The predicted molar refractivity (Wildman–Crippen MR) is 72.7 cm³/mol. The van der Waals surface area contributed by atoms with Crippen LogP contribution in [0.2, 0.25) is 0 Å². The lowest BCUT2D eigenvalue weighted by atomic mass is 9.94. The Morgan fingerprint density at radius 3 is 2.25 bits per heavy atom. The summed E-state index contributed by atoms with van der Waals surface area (Å²) in [7, 11) is 0. The van der Waals surface area contributed by atoms with Crippen LogP contribution in [0.4, 0.5) is 0 Å². The van der Waals surface area contributed by atoms with E-state index >= 15 is 0 Å². The van der Waals surface area contributed by atoms with Crippen molar-refractivity contribution in [1.29, 1.82) is 0 Å². The van der Waals surface area contributed by atoms with Gasteiger partial charge in [0.05, 0.1) is 0 Å². The SMILES string of the molecule is CCCNC(CCCC(CC)CC)C1CC1. The minimum atomic E-state index is 0.842. The first kappa shape index (κ1) is 14.0. The van der Waals surface area contributed by atoms with Gasteiger partial charge in [0.25, 0.3) is 0 Å². The molecule has 1 unspecified atom stereocenters. The fourth-order valence-electron chi connectivity index (χ4n) is 2.66. The van der Waals surface area contributed by atoms with E-state index < -0.39 is 0 Å². The molecule has 1 atom stereocenters. The van der Waals surface area contributed by atoms with E-state index in [-0.39, 0.29) is 0 Å². The molecular weight excluding hydrogens is 194 g/mol. The van der Waals surface area contributed by atoms with Crippen LogP contribution in [0.1, 0.15) is 72.1 Å². The van der Waals surface area contributed by atoms with Gasteiger partial charge in [-0.1, -0.05) is 46.5 Å². The van der Waals surface area contributed by atoms with E-state index in [1.54, 1.807) is 0 Å². The molecule has 0 aromatic carbocycles. The van der Waals surface area contributed by atoms with Crippen molar-refractivity contribution >= 4 is 0 Å². The largest absolute Gasteiger partial charge is 0.314 e. The molecule has 0 bridgehead atoms. The van der Waals surface area contributed by atoms with Crippen molar-refractivity contribution in [2.24, 2.45) is 11.8 Å². The van der Waals surface area contributed by atoms with Crippen molar-refractivity contribution in [2.45, 2.75) is 78.2 Å². The maximum atomic E-state index is 3.74.